The lowest BCUT2D eigenvalue weighted by Crippen LogP contribution is -2.20. The average molecular weight is 539 g/mol. The summed E-state index contributed by atoms with van der Waals surface area (Å²) < 4.78 is 26.4. The number of anilines is 2. The predicted molar refractivity (Wildman–Crippen MR) is 145 cm³/mol. The molecule has 1 saturated carbocycles. The van der Waals surface area contributed by atoms with Gasteiger partial charge in [0, 0.05) is 34.4 Å². The number of halogens is 3. The van der Waals surface area contributed by atoms with Crippen LogP contribution < -0.4 is 10.6 Å². The standard InChI is InChI=1S/C27H26Cl2FN7/c1-27(2,3)14-33-24-15(11-31)12-32-25-18(24)9-16(10-20(25)29)34-26(23-19(28)5-4-6-21(23)30)22-13-37(36-35-22)17-7-8-17/h4-6,9-10,12-13,17,26,34H,7-8,14H2,1-3H3,(H,32,33)/t26-/m1/s1/i26D. The molecule has 2 N–H and O–H groups in total. The van der Waals surface area contributed by atoms with Gasteiger partial charge in [0.25, 0.3) is 0 Å². The van der Waals surface area contributed by atoms with Crippen molar-refractivity contribution in [3.05, 3.63) is 75.4 Å². The van der Waals surface area contributed by atoms with Gasteiger partial charge in [-0.15, -0.1) is 5.10 Å². The molecule has 0 unspecified atom stereocenters. The van der Waals surface area contributed by atoms with Crippen LogP contribution in [0.3, 0.4) is 0 Å². The van der Waals surface area contributed by atoms with E-state index in [0.717, 1.165) is 12.8 Å². The molecular formula is C27H26Cl2FN7. The Morgan fingerprint density at radius 2 is 2.05 bits per heavy atom. The lowest BCUT2D eigenvalue weighted by Gasteiger charge is -2.23. The van der Waals surface area contributed by atoms with Crippen LogP contribution >= 0.6 is 23.2 Å². The first-order valence-corrected chi connectivity index (χ1v) is 12.7. The topological polar surface area (TPSA) is 91.5 Å². The Morgan fingerprint density at radius 1 is 1.27 bits per heavy atom. The maximum atomic E-state index is 15.2. The van der Waals surface area contributed by atoms with Gasteiger partial charge in [-0.3, -0.25) is 4.98 Å². The number of fused-ring (bicyclic) bond motifs is 1. The predicted octanol–water partition coefficient (Wildman–Crippen LogP) is 7.14. The molecule has 2 heterocycles. The molecule has 7 nitrogen and oxygen atoms in total. The van der Waals surface area contributed by atoms with E-state index >= 15 is 4.39 Å². The van der Waals surface area contributed by atoms with Gasteiger partial charge < -0.3 is 10.6 Å². The molecule has 0 aliphatic heterocycles. The maximum absolute atomic E-state index is 15.2. The molecule has 2 aromatic heterocycles. The first-order valence-electron chi connectivity index (χ1n) is 12.4. The average Bonchev–Trinajstić information content (AvgIpc) is 3.57. The summed E-state index contributed by atoms with van der Waals surface area (Å²) in [5.41, 5.74) is 1.86. The third kappa shape index (κ3) is 5.34. The highest BCUT2D eigenvalue weighted by molar-refractivity contribution is 6.36. The summed E-state index contributed by atoms with van der Waals surface area (Å²) in [7, 11) is 0. The first kappa shape index (κ1) is 24.0. The Kier molecular flexibility index (Phi) is 6.35. The van der Waals surface area contributed by atoms with Gasteiger partial charge in [0.05, 0.1) is 35.4 Å². The molecule has 0 saturated heterocycles. The van der Waals surface area contributed by atoms with Crippen molar-refractivity contribution in [1.29, 1.82) is 5.26 Å². The number of nitriles is 1. The van der Waals surface area contributed by atoms with Gasteiger partial charge in [-0.2, -0.15) is 5.26 Å². The van der Waals surface area contributed by atoms with Crippen LogP contribution in [-0.2, 0) is 0 Å². The monoisotopic (exact) mass is 538 g/mol. The third-order valence-electron chi connectivity index (χ3n) is 6.01. The molecule has 0 bridgehead atoms. The van der Waals surface area contributed by atoms with Crippen molar-refractivity contribution >= 4 is 45.5 Å². The summed E-state index contributed by atoms with van der Waals surface area (Å²) in [5, 5.41) is 25.6. The molecule has 5 rings (SSSR count). The summed E-state index contributed by atoms with van der Waals surface area (Å²) in [4.78, 5) is 4.39. The fourth-order valence-electron chi connectivity index (χ4n) is 4.00. The van der Waals surface area contributed by atoms with E-state index in [1.54, 1.807) is 23.0 Å². The van der Waals surface area contributed by atoms with Crippen molar-refractivity contribution in [2.45, 2.75) is 45.7 Å². The lowest BCUT2D eigenvalue weighted by atomic mass is 9.96. The van der Waals surface area contributed by atoms with Crippen molar-refractivity contribution in [3.8, 4) is 6.07 Å². The van der Waals surface area contributed by atoms with Crippen LogP contribution in [0.1, 0.15) is 63.9 Å². The van der Waals surface area contributed by atoms with Crippen molar-refractivity contribution in [3.63, 3.8) is 0 Å². The largest absolute Gasteiger partial charge is 0.383 e. The summed E-state index contributed by atoms with van der Waals surface area (Å²) in [6.07, 6.45) is 5.08. The second kappa shape index (κ2) is 9.81. The van der Waals surface area contributed by atoms with Crippen LogP contribution in [0.25, 0.3) is 10.9 Å². The Hall–Kier alpha value is -3.41. The number of pyridine rings is 1. The normalized spacial score (nSPS) is 15.6. The van der Waals surface area contributed by atoms with Gasteiger partial charge in [-0.1, -0.05) is 55.3 Å². The lowest BCUT2D eigenvalue weighted by molar-refractivity contribution is 0.443. The molecular weight excluding hydrogens is 512 g/mol. The van der Waals surface area contributed by atoms with Gasteiger partial charge in [0.15, 0.2) is 0 Å². The Bertz CT molecular complexity index is 1550. The van der Waals surface area contributed by atoms with Gasteiger partial charge in [-0.05, 0) is 42.5 Å². The Labute approximate surface area is 226 Å². The number of hydrogen-bond donors (Lipinski definition) is 2. The van der Waals surface area contributed by atoms with Gasteiger partial charge in [0.1, 0.15) is 23.6 Å². The van der Waals surface area contributed by atoms with E-state index < -0.39 is 11.8 Å². The third-order valence-corrected chi connectivity index (χ3v) is 6.61. The summed E-state index contributed by atoms with van der Waals surface area (Å²) in [5.74, 6) is -0.658. The zero-order valence-corrected chi connectivity index (χ0v) is 22.1. The molecule has 1 aliphatic rings. The molecule has 1 fully saturated rings. The molecule has 190 valence electrons. The van der Waals surface area contributed by atoms with E-state index in [4.69, 9.17) is 23.2 Å². The molecule has 2 aromatic carbocycles. The van der Waals surface area contributed by atoms with Gasteiger partial charge >= 0.3 is 0 Å². The van der Waals surface area contributed by atoms with Crippen molar-refractivity contribution in [1.82, 2.24) is 20.0 Å². The number of aromatic nitrogens is 4. The highest BCUT2D eigenvalue weighted by Crippen LogP contribution is 2.39. The van der Waals surface area contributed by atoms with Crippen molar-refractivity contribution < 1.29 is 5.76 Å². The molecule has 1 aliphatic carbocycles. The number of benzene rings is 2. The fourth-order valence-corrected chi connectivity index (χ4v) is 4.53. The van der Waals surface area contributed by atoms with E-state index in [9.17, 15) is 6.63 Å². The second-order valence-corrected chi connectivity index (χ2v) is 11.2. The number of rotatable bonds is 7. The molecule has 37 heavy (non-hydrogen) atoms. The Morgan fingerprint density at radius 3 is 2.73 bits per heavy atom. The first-order chi connectivity index (χ1) is 18.0. The number of nitrogens with zero attached hydrogens (tertiary/aromatic N) is 5. The molecule has 0 radical (unpaired) electrons. The van der Waals surface area contributed by atoms with Gasteiger partial charge in [0.2, 0.25) is 0 Å². The van der Waals surface area contributed by atoms with E-state index in [0.29, 0.717) is 39.4 Å². The minimum atomic E-state index is -1.94. The molecule has 10 heteroatoms. The summed E-state index contributed by atoms with van der Waals surface area (Å²) in [6, 6.07) is 8.08. The zero-order chi connectivity index (χ0) is 27.2. The van der Waals surface area contributed by atoms with Crippen LogP contribution in [0, 0.1) is 22.6 Å². The van der Waals surface area contributed by atoms with E-state index in [2.05, 4.69) is 52.8 Å². The zero-order valence-electron chi connectivity index (χ0n) is 21.6. The minimum Gasteiger partial charge on any atom is -0.383 e. The van der Waals surface area contributed by atoms with Crippen LogP contribution in [0.15, 0.2) is 42.7 Å². The van der Waals surface area contributed by atoms with Crippen molar-refractivity contribution in [2.75, 3.05) is 17.2 Å². The van der Waals surface area contributed by atoms with Crippen molar-refractivity contribution in [2.24, 2.45) is 5.41 Å². The highest BCUT2D eigenvalue weighted by atomic mass is 35.5. The molecule has 4 aromatic rings. The van der Waals surface area contributed by atoms with Crippen LogP contribution in [0.5, 0.6) is 0 Å². The van der Waals surface area contributed by atoms with Gasteiger partial charge in [-0.25, -0.2) is 9.07 Å². The van der Waals surface area contributed by atoms with Crippen LogP contribution in [-0.4, -0.2) is 26.5 Å². The van der Waals surface area contributed by atoms with Crippen LogP contribution in [0.4, 0.5) is 15.8 Å². The SMILES string of the molecule is [2H][C@@](Nc1cc(Cl)c2ncc(C#N)c(NCC(C)(C)C)c2c1)(c1cn(C2CC2)nn1)c1c(F)cccc1Cl. The van der Waals surface area contributed by atoms with Crippen LogP contribution in [0.2, 0.25) is 10.0 Å². The quantitative estimate of drug-likeness (QED) is 0.260. The highest BCUT2D eigenvalue weighted by Gasteiger charge is 2.29. The summed E-state index contributed by atoms with van der Waals surface area (Å²) in [6.45, 7) is 6.83. The molecule has 0 spiro atoms. The van der Waals surface area contributed by atoms with E-state index in [1.165, 1.54) is 24.4 Å². The second-order valence-electron chi connectivity index (χ2n) is 10.3. The minimum absolute atomic E-state index is 0.0622. The fraction of sp³-hybridized carbons (Fsp3) is 0.333. The maximum Gasteiger partial charge on any atom is 0.130 e. The van der Waals surface area contributed by atoms with E-state index in [1.807, 2.05) is 0 Å². The summed E-state index contributed by atoms with van der Waals surface area (Å²) >= 11 is 13.1. The molecule has 0 amide bonds. The molecule has 1 atom stereocenters. The number of hydrogen-bond acceptors (Lipinski definition) is 6. The number of nitrogens with one attached hydrogen (secondary N) is 2. The Balaban J connectivity index is 1.66. The smallest absolute Gasteiger partial charge is 0.130 e. The van der Waals surface area contributed by atoms with E-state index in [-0.39, 0.29) is 27.7 Å².